The molecule has 106 valence electrons. The number of phenols is 1. The Morgan fingerprint density at radius 1 is 1.26 bits per heavy atom. The lowest BCUT2D eigenvalue weighted by Crippen LogP contribution is -2.28. The van der Waals surface area contributed by atoms with Crippen molar-refractivity contribution < 1.29 is 9.90 Å². The van der Waals surface area contributed by atoms with Crippen molar-refractivity contribution in [2.75, 3.05) is 34.2 Å². The molecule has 0 aliphatic carbocycles. The molecule has 0 spiro atoms. The number of aromatic hydroxyl groups is 1. The van der Waals surface area contributed by atoms with Crippen LogP contribution in [0.15, 0.2) is 12.1 Å². The average molecular weight is 285 g/mol. The first-order valence-corrected chi connectivity index (χ1v) is 6.54. The van der Waals surface area contributed by atoms with Crippen LogP contribution in [0.5, 0.6) is 5.75 Å². The molecule has 0 aliphatic heterocycles. The van der Waals surface area contributed by atoms with Gasteiger partial charge in [0.1, 0.15) is 5.75 Å². The van der Waals surface area contributed by atoms with E-state index in [1.165, 1.54) is 13.0 Å². The van der Waals surface area contributed by atoms with Gasteiger partial charge in [-0.2, -0.15) is 0 Å². The number of carbonyl (C=O) groups excluding carboxylic acids is 1. The van der Waals surface area contributed by atoms with Crippen LogP contribution in [0, 0.1) is 0 Å². The second-order valence-corrected chi connectivity index (χ2v) is 5.49. The third kappa shape index (κ3) is 4.82. The summed E-state index contributed by atoms with van der Waals surface area (Å²) in [5.74, 6) is -0.147. The van der Waals surface area contributed by atoms with E-state index < -0.39 is 0 Å². The van der Waals surface area contributed by atoms with Gasteiger partial charge in [0.05, 0.1) is 5.56 Å². The minimum atomic E-state index is -0.183. The molecule has 0 heterocycles. The van der Waals surface area contributed by atoms with Gasteiger partial charge < -0.3 is 14.9 Å². The van der Waals surface area contributed by atoms with Gasteiger partial charge in [-0.15, -0.1) is 0 Å². The van der Waals surface area contributed by atoms with Crippen molar-refractivity contribution in [2.24, 2.45) is 0 Å². The summed E-state index contributed by atoms with van der Waals surface area (Å²) < 4.78 is 0. The van der Waals surface area contributed by atoms with Crippen molar-refractivity contribution >= 4 is 17.4 Å². The zero-order valence-corrected chi connectivity index (χ0v) is 12.7. The summed E-state index contributed by atoms with van der Waals surface area (Å²) in [6, 6.07) is 3.21. The minimum absolute atomic E-state index is 0.0357. The number of phenolic OH excluding ortho intramolecular Hbond substituents is 1. The third-order valence-electron chi connectivity index (χ3n) is 2.90. The first kappa shape index (κ1) is 16.0. The lowest BCUT2D eigenvalue weighted by Gasteiger charge is -2.20. The quantitative estimate of drug-likeness (QED) is 0.814. The van der Waals surface area contributed by atoms with Gasteiger partial charge in [0.15, 0.2) is 5.78 Å². The standard InChI is InChI=1S/C14H21ClN2O2/c1-10(18)13-8-12(15)7-11(14(13)19)9-17(4)6-5-16(2)3/h7-8,19H,5-6,9H2,1-4H3. The van der Waals surface area contributed by atoms with E-state index in [2.05, 4.69) is 9.80 Å². The summed E-state index contributed by atoms with van der Waals surface area (Å²) in [5, 5.41) is 10.6. The maximum atomic E-state index is 11.4. The van der Waals surface area contributed by atoms with Crippen LogP contribution in [0.25, 0.3) is 0 Å². The van der Waals surface area contributed by atoms with E-state index >= 15 is 0 Å². The zero-order chi connectivity index (χ0) is 14.6. The highest BCUT2D eigenvalue weighted by molar-refractivity contribution is 6.31. The Hall–Kier alpha value is -1.10. The molecule has 0 aliphatic rings. The van der Waals surface area contributed by atoms with E-state index in [0.717, 1.165) is 13.1 Å². The fraction of sp³-hybridized carbons (Fsp3) is 0.500. The van der Waals surface area contributed by atoms with Crippen molar-refractivity contribution in [3.8, 4) is 5.75 Å². The molecule has 0 amide bonds. The molecule has 0 fully saturated rings. The van der Waals surface area contributed by atoms with Crippen LogP contribution in [-0.4, -0.2) is 54.9 Å². The molecular formula is C14H21ClN2O2. The van der Waals surface area contributed by atoms with Crippen molar-refractivity contribution in [3.05, 3.63) is 28.3 Å². The Balaban J connectivity index is 2.86. The van der Waals surface area contributed by atoms with Gasteiger partial charge in [0.2, 0.25) is 0 Å². The number of halogens is 1. The maximum absolute atomic E-state index is 11.4. The summed E-state index contributed by atoms with van der Waals surface area (Å²) in [6.45, 7) is 3.77. The Labute approximate surface area is 119 Å². The highest BCUT2D eigenvalue weighted by atomic mass is 35.5. The van der Waals surface area contributed by atoms with Crippen molar-refractivity contribution in [2.45, 2.75) is 13.5 Å². The normalized spacial score (nSPS) is 11.3. The molecular weight excluding hydrogens is 264 g/mol. The molecule has 0 saturated carbocycles. The van der Waals surface area contributed by atoms with Crippen LogP contribution >= 0.6 is 11.6 Å². The van der Waals surface area contributed by atoms with Gasteiger partial charge >= 0.3 is 0 Å². The van der Waals surface area contributed by atoms with Gasteiger partial charge in [-0.05, 0) is 40.2 Å². The van der Waals surface area contributed by atoms with Crippen molar-refractivity contribution in [1.82, 2.24) is 9.80 Å². The topological polar surface area (TPSA) is 43.8 Å². The van der Waals surface area contributed by atoms with E-state index in [9.17, 15) is 9.90 Å². The van der Waals surface area contributed by atoms with Gasteiger partial charge in [0.25, 0.3) is 0 Å². The van der Waals surface area contributed by atoms with Gasteiger partial charge in [0, 0.05) is 30.2 Å². The molecule has 0 radical (unpaired) electrons. The van der Waals surface area contributed by atoms with E-state index in [1.807, 2.05) is 21.1 Å². The Kier molecular flexibility index (Phi) is 5.79. The summed E-state index contributed by atoms with van der Waals surface area (Å²) in [7, 11) is 5.99. The molecule has 4 nitrogen and oxygen atoms in total. The highest BCUT2D eigenvalue weighted by Gasteiger charge is 2.14. The van der Waals surface area contributed by atoms with E-state index in [4.69, 9.17) is 11.6 Å². The molecule has 1 rings (SSSR count). The average Bonchev–Trinajstić information content (AvgIpc) is 2.30. The predicted molar refractivity (Wildman–Crippen MR) is 78.0 cm³/mol. The molecule has 19 heavy (non-hydrogen) atoms. The number of hydrogen-bond acceptors (Lipinski definition) is 4. The smallest absolute Gasteiger partial charge is 0.163 e. The predicted octanol–water partition coefficient (Wildman–Crippen LogP) is 2.24. The first-order chi connectivity index (χ1) is 8.81. The van der Waals surface area contributed by atoms with Crippen LogP contribution in [0.2, 0.25) is 5.02 Å². The second kappa shape index (κ2) is 6.89. The SMILES string of the molecule is CC(=O)c1cc(Cl)cc(CN(C)CCN(C)C)c1O. The number of carbonyl (C=O) groups is 1. The first-order valence-electron chi connectivity index (χ1n) is 6.17. The molecule has 0 aromatic heterocycles. The Morgan fingerprint density at radius 2 is 1.89 bits per heavy atom. The number of rotatable bonds is 6. The number of nitrogens with zero attached hydrogens (tertiary/aromatic N) is 2. The third-order valence-corrected chi connectivity index (χ3v) is 3.12. The summed E-state index contributed by atoms with van der Waals surface area (Å²) in [4.78, 5) is 15.6. The van der Waals surface area contributed by atoms with Gasteiger partial charge in [-0.1, -0.05) is 11.6 Å². The van der Waals surface area contributed by atoms with E-state index in [0.29, 0.717) is 17.1 Å². The van der Waals surface area contributed by atoms with Crippen molar-refractivity contribution in [1.29, 1.82) is 0 Å². The molecule has 0 unspecified atom stereocenters. The lowest BCUT2D eigenvalue weighted by molar-refractivity contribution is 0.101. The molecule has 0 saturated heterocycles. The second-order valence-electron chi connectivity index (χ2n) is 5.06. The summed E-state index contributed by atoms with van der Waals surface area (Å²) >= 11 is 5.99. The fourth-order valence-electron chi connectivity index (χ4n) is 1.79. The number of likely N-dealkylation sites (N-methyl/N-ethyl adjacent to an activating group) is 2. The van der Waals surface area contributed by atoms with Crippen LogP contribution < -0.4 is 0 Å². The Bertz CT molecular complexity index is 461. The number of ketones is 1. The zero-order valence-electron chi connectivity index (χ0n) is 11.9. The largest absolute Gasteiger partial charge is 0.507 e. The minimum Gasteiger partial charge on any atom is -0.507 e. The number of benzene rings is 1. The Morgan fingerprint density at radius 3 is 2.42 bits per heavy atom. The molecule has 0 bridgehead atoms. The molecule has 1 aromatic carbocycles. The summed E-state index contributed by atoms with van der Waals surface area (Å²) in [6.07, 6.45) is 0. The van der Waals surface area contributed by atoms with Crippen LogP contribution in [-0.2, 0) is 6.54 Å². The maximum Gasteiger partial charge on any atom is 0.163 e. The molecule has 1 aromatic rings. The molecule has 5 heteroatoms. The molecule has 1 N–H and O–H groups in total. The number of Topliss-reactive ketones (excluding diaryl/α,β-unsaturated/α-hetero) is 1. The van der Waals surface area contributed by atoms with Crippen LogP contribution in [0.4, 0.5) is 0 Å². The van der Waals surface area contributed by atoms with Gasteiger partial charge in [-0.3, -0.25) is 4.79 Å². The van der Waals surface area contributed by atoms with Crippen LogP contribution in [0.3, 0.4) is 0 Å². The van der Waals surface area contributed by atoms with Crippen LogP contribution in [0.1, 0.15) is 22.8 Å². The fourth-order valence-corrected chi connectivity index (χ4v) is 2.03. The van der Waals surface area contributed by atoms with E-state index in [1.54, 1.807) is 6.07 Å². The van der Waals surface area contributed by atoms with Crippen molar-refractivity contribution in [3.63, 3.8) is 0 Å². The van der Waals surface area contributed by atoms with Gasteiger partial charge in [-0.25, -0.2) is 0 Å². The lowest BCUT2D eigenvalue weighted by atomic mass is 10.1. The van der Waals surface area contributed by atoms with E-state index in [-0.39, 0.29) is 17.1 Å². The number of hydrogen-bond donors (Lipinski definition) is 1. The molecule has 0 atom stereocenters. The highest BCUT2D eigenvalue weighted by Crippen LogP contribution is 2.28. The monoisotopic (exact) mass is 284 g/mol. The summed E-state index contributed by atoms with van der Waals surface area (Å²) in [5.41, 5.74) is 0.961.